The van der Waals surface area contributed by atoms with E-state index in [9.17, 15) is 0 Å². The van der Waals surface area contributed by atoms with Crippen LogP contribution in [0.1, 0.15) is 11.1 Å². The highest BCUT2D eigenvalue weighted by molar-refractivity contribution is 9.10. The number of nitrogens with zero attached hydrogens (tertiary/aromatic N) is 2. The summed E-state index contributed by atoms with van der Waals surface area (Å²) in [6.45, 7) is 0.846. The minimum Gasteiger partial charge on any atom is -0.496 e. The predicted octanol–water partition coefficient (Wildman–Crippen LogP) is 6.36. The number of methoxy groups -OCH3 is 2. The molecule has 176 valence electrons. The lowest BCUT2D eigenvalue weighted by Gasteiger charge is -2.16. The summed E-state index contributed by atoms with van der Waals surface area (Å²) in [5.74, 6) is 2.55. The van der Waals surface area contributed by atoms with Gasteiger partial charge in [0.2, 0.25) is 4.77 Å². The van der Waals surface area contributed by atoms with Crippen LogP contribution in [0.5, 0.6) is 17.2 Å². The summed E-state index contributed by atoms with van der Waals surface area (Å²) in [6, 6.07) is 19.0. The van der Waals surface area contributed by atoms with Crippen LogP contribution < -0.4 is 19.6 Å². The third-order valence-electron chi connectivity index (χ3n) is 5.05. The molecule has 0 unspecified atom stereocenters. The van der Waals surface area contributed by atoms with Crippen molar-refractivity contribution in [2.45, 2.75) is 13.2 Å². The molecule has 0 saturated carbocycles. The van der Waals surface area contributed by atoms with Crippen LogP contribution in [0, 0.1) is 4.77 Å². The van der Waals surface area contributed by atoms with Gasteiger partial charge in [-0.05, 0) is 75.7 Å². The fraction of sp³-hybridized carbons (Fsp3) is 0.167. The second-order valence-electron chi connectivity index (χ2n) is 7.25. The lowest BCUT2D eigenvalue weighted by molar-refractivity contribution is 0.282. The fourth-order valence-corrected chi connectivity index (χ4v) is 4.30. The molecule has 0 aliphatic heterocycles. The zero-order valence-electron chi connectivity index (χ0n) is 18.5. The first-order chi connectivity index (χ1) is 16.5. The highest BCUT2D eigenvalue weighted by atomic mass is 79.9. The quantitative estimate of drug-likeness (QED) is 0.232. The van der Waals surface area contributed by atoms with E-state index in [4.69, 9.17) is 38.0 Å². The molecule has 0 radical (unpaired) electrons. The smallest absolute Gasteiger partial charge is 0.214 e. The van der Waals surface area contributed by atoms with Crippen LogP contribution in [-0.4, -0.2) is 29.1 Å². The molecule has 0 spiro atoms. The van der Waals surface area contributed by atoms with E-state index >= 15 is 0 Å². The van der Waals surface area contributed by atoms with Crippen LogP contribution in [0.25, 0.3) is 11.4 Å². The Bertz CT molecular complexity index is 1340. The Balaban J connectivity index is 1.53. The number of halogens is 2. The van der Waals surface area contributed by atoms with Crippen molar-refractivity contribution in [2.24, 2.45) is 0 Å². The number of ether oxygens (including phenoxy) is 3. The lowest BCUT2D eigenvalue weighted by Crippen LogP contribution is -2.16. The number of aromatic nitrogens is 3. The highest BCUT2D eigenvalue weighted by Gasteiger charge is 2.15. The van der Waals surface area contributed by atoms with Gasteiger partial charge in [0, 0.05) is 5.02 Å². The Morgan fingerprint density at radius 1 is 1.03 bits per heavy atom. The second kappa shape index (κ2) is 10.9. The van der Waals surface area contributed by atoms with Crippen molar-refractivity contribution in [1.82, 2.24) is 14.9 Å². The first-order valence-electron chi connectivity index (χ1n) is 10.3. The van der Waals surface area contributed by atoms with E-state index in [1.54, 1.807) is 18.9 Å². The fourth-order valence-electron chi connectivity index (χ4n) is 3.38. The average Bonchev–Trinajstić information content (AvgIpc) is 3.22. The molecule has 0 atom stereocenters. The molecule has 4 aromatic rings. The van der Waals surface area contributed by atoms with Gasteiger partial charge >= 0.3 is 0 Å². The molecule has 0 saturated heterocycles. The molecule has 1 aromatic heterocycles. The van der Waals surface area contributed by atoms with Crippen LogP contribution in [0.3, 0.4) is 0 Å². The molecule has 34 heavy (non-hydrogen) atoms. The van der Waals surface area contributed by atoms with Gasteiger partial charge in [-0.3, -0.25) is 0 Å². The second-order valence-corrected chi connectivity index (χ2v) is 8.92. The van der Waals surface area contributed by atoms with E-state index in [1.165, 1.54) is 0 Å². The van der Waals surface area contributed by atoms with Gasteiger partial charge in [-0.1, -0.05) is 35.9 Å². The lowest BCUT2D eigenvalue weighted by atomic mass is 10.2. The molecular weight excluding hydrogens is 540 g/mol. The third kappa shape index (κ3) is 5.38. The van der Waals surface area contributed by atoms with Gasteiger partial charge in [0.05, 0.1) is 30.8 Å². The summed E-state index contributed by atoms with van der Waals surface area (Å²) in [6.07, 6.45) is 0. The van der Waals surface area contributed by atoms with Crippen molar-refractivity contribution in [3.63, 3.8) is 0 Å². The first-order valence-corrected chi connectivity index (χ1v) is 11.9. The number of aromatic amines is 1. The Kier molecular flexibility index (Phi) is 7.77. The maximum absolute atomic E-state index is 6.03. The molecule has 3 aromatic carbocycles. The van der Waals surface area contributed by atoms with Gasteiger partial charge in [0.15, 0.2) is 17.3 Å². The zero-order valence-corrected chi connectivity index (χ0v) is 21.6. The van der Waals surface area contributed by atoms with E-state index < -0.39 is 0 Å². The van der Waals surface area contributed by atoms with Crippen molar-refractivity contribution in [2.75, 3.05) is 19.6 Å². The number of hydrogen-bond donors (Lipinski definition) is 2. The zero-order chi connectivity index (χ0) is 24.1. The van der Waals surface area contributed by atoms with E-state index in [1.807, 2.05) is 60.7 Å². The van der Waals surface area contributed by atoms with Gasteiger partial charge in [-0.2, -0.15) is 5.10 Å². The number of benzene rings is 3. The Morgan fingerprint density at radius 3 is 2.50 bits per heavy atom. The van der Waals surface area contributed by atoms with E-state index in [-0.39, 0.29) is 0 Å². The molecule has 7 nitrogen and oxygen atoms in total. The van der Waals surface area contributed by atoms with Crippen LogP contribution >= 0.6 is 39.7 Å². The number of H-pyrrole nitrogens is 1. The Labute approximate surface area is 215 Å². The molecule has 0 fully saturated rings. The number of nitrogens with one attached hydrogen (secondary N) is 2. The highest BCUT2D eigenvalue weighted by Crippen LogP contribution is 2.37. The SMILES string of the molecule is COc1ccccc1-c1n[nH]c(=S)n1NCc1cc(Br)c(OCc2ccc(Cl)cc2)c(OC)c1. The maximum Gasteiger partial charge on any atom is 0.214 e. The molecule has 1 heterocycles. The van der Waals surface area contributed by atoms with Gasteiger partial charge in [0.1, 0.15) is 12.4 Å². The maximum atomic E-state index is 6.03. The minimum absolute atomic E-state index is 0.385. The number of hydrogen-bond acceptors (Lipinski definition) is 6. The van der Waals surface area contributed by atoms with E-state index in [2.05, 4.69) is 31.6 Å². The summed E-state index contributed by atoms with van der Waals surface area (Å²) >= 11 is 15.0. The normalized spacial score (nSPS) is 10.7. The van der Waals surface area contributed by atoms with Gasteiger partial charge in [-0.15, -0.1) is 0 Å². The largest absolute Gasteiger partial charge is 0.496 e. The van der Waals surface area contributed by atoms with Crippen LogP contribution in [0.15, 0.2) is 65.1 Å². The number of rotatable bonds is 9. The molecule has 0 aliphatic carbocycles. The van der Waals surface area contributed by atoms with E-state index in [0.717, 1.165) is 21.2 Å². The van der Waals surface area contributed by atoms with E-state index in [0.29, 0.717) is 46.0 Å². The summed E-state index contributed by atoms with van der Waals surface area (Å²) < 4.78 is 20.0. The summed E-state index contributed by atoms with van der Waals surface area (Å²) in [7, 11) is 3.23. The standard InChI is InChI=1S/C24H22BrClN4O3S/c1-31-20-6-4-3-5-18(20)23-28-29-24(34)30(23)27-13-16-11-19(25)22(21(12-16)32-2)33-14-15-7-9-17(26)10-8-15/h3-12,27H,13-14H2,1-2H3,(H,29,34). The Hall–Kier alpha value is -3.01. The molecule has 4 rings (SSSR count). The predicted molar refractivity (Wildman–Crippen MR) is 139 cm³/mol. The van der Waals surface area contributed by atoms with Crippen molar-refractivity contribution in [1.29, 1.82) is 0 Å². The van der Waals surface area contributed by atoms with Crippen LogP contribution in [-0.2, 0) is 13.2 Å². The topological polar surface area (TPSA) is 73.3 Å². The minimum atomic E-state index is 0.385. The molecule has 0 aliphatic rings. The first kappa shape index (κ1) is 24.1. The van der Waals surface area contributed by atoms with Crippen molar-refractivity contribution in [3.05, 3.63) is 86.1 Å². The van der Waals surface area contributed by atoms with Crippen molar-refractivity contribution >= 4 is 39.7 Å². The van der Waals surface area contributed by atoms with Crippen molar-refractivity contribution in [3.8, 4) is 28.6 Å². The molecule has 10 heteroatoms. The van der Waals surface area contributed by atoms with Crippen LogP contribution in [0.4, 0.5) is 0 Å². The van der Waals surface area contributed by atoms with Crippen LogP contribution in [0.2, 0.25) is 5.02 Å². The number of para-hydroxylation sites is 1. The van der Waals surface area contributed by atoms with Gasteiger partial charge in [0.25, 0.3) is 0 Å². The molecular formula is C24H22BrClN4O3S. The third-order valence-corrected chi connectivity index (χ3v) is 6.16. The molecule has 0 bridgehead atoms. The summed E-state index contributed by atoms with van der Waals surface area (Å²) in [5, 5.41) is 7.90. The average molecular weight is 562 g/mol. The summed E-state index contributed by atoms with van der Waals surface area (Å²) in [5.41, 5.74) is 6.09. The monoisotopic (exact) mass is 560 g/mol. The van der Waals surface area contributed by atoms with Crippen molar-refractivity contribution < 1.29 is 14.2 Å². The molecule has 2 N–H and O–H groups in total. The summed E-state index contributed by atoms with van der Waals surface area (Å²) in [4.78, 5) is 0. The van der Waals surface area contributed by atoms with Gasteiger partial charge in [-0.25, -0.2) is 9.77 Å². The van der Waals surface area contributed by atoms with Gasteiger partial charge < -0.3 is 19.6 Å². The molecule has 0 amide bonds. The Morgan fingerprint density at radius 2 is 1.76 bits per heavy atom.